The van der Waals surface area contributed by atoms with Crippen molar-refractivity contribution in [2.75, 3.05) is 20.1 Å². The number of nitrogens with zero attached hydrogens (tertiary/aromatic N) is 1. The van der Waals surface area contributed by atoms with Gasteiger partial charge in [0, 0.05) is 18.7 Å². The summed E-state index contributed by atoms with van der Waals surface area (Å²) >= 11 is 3.42. The third-order valence-electron chi connectivity index (χ3n) is 2.66. The Hall–Kier alpha value is -0.870. The molecule has 0 bridgehead atoms. The van der Waals surface area contributed by atoms with Crippen LogP contribution in [0.3, 0.4) is 0 Å². The Morgan fingerprint density at radius 2 is 2.19 bits per heavy atom. The normalized spacial score (nSPS) is 16.9. The zero-order chi connectivity index (χ0) is 11.7. The summed E-state index contributed by atoms with van der Waals surface area (Å²) < 4.78 is 6.63. The minimum atomic E-state index is 0.0654. The second-order valence-corrected chi connectivity index (χ2v) is 5.02. The van der Waals surface area contributed by atoms with Crippen molar-refractivity contribution in [3.8, 4) is 5.75 Å². The summed E-state index contributed by atoms with van der Waals surface area (Å²) in [7, 11) is 2.06. The van der Waals surface area contributed by atoms with E-state index in [0.29, 0.717) is 5.56 Å². The molecule has 16 heavy (non-hydrogen) atoms. The number of hydrogen-bond donors (Lipinski definition) is 0. The van der Waals surface area contributed by atoms with E-state index in [2.05, 4.69) is 27.9 Å². The highest BCUT2D eigenvalue weighted by molar-refractivity contribution is 9.10. The van der Waals surface area contributed by atoms with Crippen molar-refractivity contribution in [3.05, 3.63) is 28.2 Å². The smallest absolute Gasteiger partial charge is 0.159 e. The zero-order valence-electron chi connectivity index (χ0n) is 9.37. The first-order chi connectivity index (χ1) is 7.56. The Labute approximate surface area is 104 Å². The van der Waals surface area contributed by atoms with Crippen LogP contribution in [0.1, 0.15) is 17.3 Å². The molecule has 3 nitrogen and oxygen atoms in total. The van der Waals surface area contributed by atoms with Gasteiger partial charge in [0.1, 0.15) is 11.9 Å². The first-order valence-electron chi connectivity index (χ1n) is 5.22. The van der Waals surface area contributed by atoms with Crippen molar-refractivity contribution >= 4 is 21.7 Å². The molecule has 2 rings (SSSR count). The molecule has 1 aromatic carbocycles. The van der Waals surface area contributed by atoms with Crippen LogP contribution in [0.25, 0.3) is 0 Å². The van der Waals surface area contributed by atoms with Crippen molar-refractivity contribution in [1.29, 1.82) is 0 Å². The molecule has 1 aromatic rings. The molecule has 0 aromatic heterocycles. The molecule has 0 radical (unpaired) electrons. The number of likely N-dealkylation sites (N-methyl/N-ethyl adjacent to an activating group) is 1. The summed E-state index contributed by atoms with van der Waals surface area (Å²) in [6.07, 6.45) is 0.268. The Kier molecular flexibility index (Phi) is 3.30. The molecule has 0 atom stereocenters. The Morgan fingerprint density at radius 3 is 2.69 bits per heavy atom. The lowest BCUT2D eigenvalue weighted by Gasteiger charge is -2.36. The average Bonchev–Trinajstić information content (AvgIpc) is 2.18. The van der Waals surface area contributed by atoms with E-state index >= 15 is 0 Å². The largest absolute Gasteiger partial charge is 0.487 e. The van der Waals surface area contributed by atoms with Crippen LogP contribution in [0.15, 0.2) is 22.7 Å². The first kappa shape index (κ1) is 11.6. The molecule has 1 aliphatic heterocycles. The van der Waals surface area contributed by atoms with Crippen molar-refractivity contribution in [1.82, 2.24) is 4.90 Å². The summed E-state index contributed by atoms with van der Waals surface area (Å²) in [5.74, 6) is 0.874. The second kappa shape index (κ2) is 4.55. The van der Waals surface area contributed by atoms with E-state index in [9.17, 15) is 4.79 Å². The quantitative estimate of drug-likeness (QED) is 0.798. The van der Waals surface area contributed by atoms with Gasteiger partial charge in [-0.3, -0.25) is 9.69 Å². The molecule has 1 heterocycles. The highest BCUT2D eigenvalue weighted by Gasteiger charge is 2.25. The van der Waals surface area contributed by atoms with Gasteiger partial charge < -0.3 is 4.74 Å². The molecule has 1 aliphatic rings. The minimum absolute atomic E-state index is 0.0654. The van der Waals surface area contributed by atoms with Crippen LogP contribution in [0.5, 0.6) is 5.75 Å². The molecule has 0 N–H and O–H groups in total. The van der Waals surface area contributed by atoms with E-state index in [-0.39, 0.29) is 11.9 Å². The standard InChI is InChI=1S/C12H14BrNO2/c1-8(15)9-3-4-12(11(13)5-9)16-10-6-14(2)7-10/h3-5,10H,6-7H2,1-2H3. The van der Waals surface area contributed by atoms with E-state index in [4.69, 9.17) is 4.74 Å². The van der Waals surface area contributed by atoms with Gasteiger partial charge >= 0.3 is 0 Å². The van der Waals surface area contributed by atoms with E-state index in [0.717, 1.165) is 23.3 Å². The number of rotatable bonds is 3. The van der Waals surface area contributed by atoms with Crippen molar-refractivity contribution in [3.63, 3.8) is 0 Å². The van der Waals surface area contributed by atoms with Gasteiger partial charge in [0.05, 0.1) is 4.47 Å². The average molecular weight is 284 g/mol. The van der Waals surface area contributed by atoms with Crippen LogP contribution in [0.4, 0.5) is 0 Å². The molecule has 1 saturated heterocycles. The number of hydrogen-bond acceptors (Lipinski definition) is 3. The van der Waals surface area contributed by atoms with Gasteiger partial charge in [0.2, 0.25) is 0 Å². The van der Waals surface area contributed by atoms with Gasteiger partial charge in [-0.25, -0.2) is 0 Å². The van der Waals surface area contributed by atoms with Crippen LogP contribution in [-0.4, -0.2) is 36.9 Å². The third-order valence-corrected chi connectivity index (χ3v) is 3.28. The number of carbonyl (C=O) groups is 1. The molecule has 4 heteroatoms. The van der Waals surface area contributed by atoms with Crippen LogP contribution < -0.4 is 4.74 Å². The first-order valence-corrected chi connectivity index (χ1v) is 6.01. The fourth-order valence-electron chi connectivity index (χ4n) is 1.71. The number of benzene rings is 1. The third kappa shape index (κ3) is 2.44. The molecular weight excluding hydrogens is 270 g/mol. The molecule has 0 amide bonds. The van der Waals surface area contributed by atoms with Gasteiger partial charge in [-0.1, -0.05) is 0 Å². The van der Waals surface area contributed by atoms with Crippen LogP contribution >= 0.6 is 15.9 Å². The molecule has 1 fully saturated rings. The molecule has 0 spiro atoms. The monoisotopic (exact) mass is 283 g/mol. The Morgan fingerprint density at radius 1 is 1.50 bits per heavy atom. The van der Waals surface area contributed by atoms with Crippen molar-refractivity contribution < 1.29 is 9.53 Å². The predicted molar refractivity (Wildman–Crippen MR) is 66.1 cm³/mol. The maximum Gasteiger partial charge on any atom is 0.159 e. The number of Topliss-reactive ketones (excluding diaryl/α,β-unsaturated/α-hetero) is 1. The summed E-state index contributed by atoms with van der Waals surface area (Å²) in [6, 6.07) is 5.45. The number of halogens is 1. The highest BCUT2D eigenvalue weighted by atomic mass is 79.9. The topological polar surface area (TPSA) is 29.5 Å². The Balaban J connectivity index is 2.07. The van der Waals surface area contributed by atoms with Crippen LogP contribution in [-0.2, 0) is 0 Å². The van der Waals surface area contributed by atoms with Gasteiger partial charge in [-0.2, -0.15) is 0 Å². The maximum atomic E-state index is 11.2. The number of ketones is 1. The molecule has 0 saturated carbocycles. The number of ether oxygens (including phenoxy) is 1. The van der Waals surface area contributed by atoms with Crippen LogP contribution in [0.2, 0.25) is 0 Å². The molecular formula is C12H14BrNO2. The van der Waals surface area contributed by atoms with Gasteiger partial charge in [-0.15, -0.1) is 0 Å². The second-order valence-electron chi connectivity index (χ2n) is 4.16. The molecule has 86 valence electrons. The molecule has 0 unspecified atom stereocenters. The minimum Gasteiger partial charge on any atom is -0.487 e. The zero-order valence-corrected chi connectivity index (χ0v) is 11.0. The van der Waals surface area contributed by atoms with Gasteiger partial charge in [0.15, 0.2) is 5.78 Å². The summed E-state index contributed by atoms with van der Waals surface area (Å²) in [5.41, 5.74) is 0.699. The van der Waals surface area contributed by atoms with Gasteiger partial charge in [0.25, 0.3) is 0 Å². The van der Waals surface area contributed by atoms with E-state index in [1.807, 2.05) is 6.07 Å². The van der Waals surface area contributed by atoms with Crippen molar-refractivity contribution in [2.24, 2.45) is 0 Å². The summed E-state index contributed by atoms with van der Waals surface area (Å²) in [4.78, 5) is 13.4. The fraction of sp³-hybridized carbons (Fsp3) is 0.417. The summed E-state index contributed by atoms with van der Waals surface area (Å²) in [6.45, 7) is 3.48. The van der Waals surface area contributed by atoms with Gasteiger partial charge in [-0.05, 0) is 48.1 Å². The lowest BCUT2D eigenvalue weighted by molar-refractivity contribution is 0.0383. The Bertz CT molecular complexity index is 413. The summed E-state index contributed by atoms with van der Waals surface area (Å²) in [5, 5.41) is 0. The lowest BCUT2D eigenvalue weighted by atomic mass is 10.1. The number of likely N-dealkylation sites (tertiary alicyclic amines) is 1. The number of carbonyl (C=O) groups excluding carboxylic acids is 1. The maximum absolute atomic E-state index is 11.2. The van der Waals surface area contributed by atoms with Crippen LogP contribution in [0, 0.1) is 0 Å². The highest BCUT2D eigenvalue weighted by Crippen LogP contribution is 2.28. The molecule has 0 aliphatic carbocycles. The van der Waals surface area contributed by atoms with E-state index in [1.54, 1.807) is 19.1 Å². The van der Waals surface area contributed by atoms with E-state index < -0.39 is 0 Å². The van der Waals surface area contributed by atoms with E-state index in [1.165, 1.54) is 0 Å². The SMILES string of the molecule is CC(=O)c1ccc(OC2CN(C)C2)c(Br)c1. The lowest BCUT2D eigenvalue weighted by Crippen LogP contribution is -2.51. The predicted octanol–water partition coefficient (Wildman–Crippen LogP) is 2.34. The van der Waals surface area contributed by atoms with Crippen molar-refractivity contribution in [2.45, 2.75) is 13.0 Å². The fourth-order valence-corrected chi connectivity index (χ4v) is 2.18.